The van der Waals surface area contributed by atoms with E-state index in [0.29, 0.717) is 25.9 Å². The molecule has 0 spiro atoms. The van der Waals surface area contributed by atoms with Crippen molar-refractivity contribution in [3.63, 3.8) is 0 Å². The van der Waals surface area contributed by atoms with Crippen LogP contribution in [0.25, 0.3) is 0 Å². The minimum Gasteiger partial charge on any atom is -0.474 e. The molecule has 1 aliphatic heterocycles. The van der Waals surface area contributed by atoms with Crippen molar-refractivity contribution in [1.82, 2.24) is 14.9 Å². The Morgan fingerprint density at radius 1 is 1.23 bits per heavy atom. The number of ether oxygens (including phenoxy) is 1. The van der Waals surface area contributed by atoms with Gasteiger partial charge in [0.05, 0.1) is 10.2 Å². The summed E-state index contributed by atoms with van der Waals surface area (Å²) >= 11 is 2.92. The van der Waals surface area contributed by atoms with E-state index < -0.39 is 17.7 Å². The molecule has 0 saturated carbocycles. The largest absolute Gasteiger partial charge is 0.474 e. The quantitative estimate of drug-likeness (QED) is 0.720. The normalized spacial score (nSPS) is 15.0. The molecule has 1 amide bonds. The first-order valence-electron chi connectivity index (χ1n) is 7.80. The third kappa shape index (κ3) is 4.37. The lowest BCUT2D eigenvalue weighted by Crippen LogP contribution is -2.41. The second-order valence-electron chi connectivity index (χ2n) is 5.70. The SMILES string of the molecule is O=C(O)N1CCC(Oc2cc(Nc3cc(F)c(Br)cc3F)ncn2)CC1. The number of hydrogen-bond donors (Lipinski definition) is 2. The highest BCUT2D eigenvalue weighted by Gasteiger charge is 2.23. The molecule has 26 heavy (non-hydrogen) atoms. The monoisotopic (exact) mass is 428 g/mol. The first-order valence-corrected chi connectivity index (χ1v) is 8.60. The van der Waals surface area contributed by atoms with Gasteiger partial charge in [-0.1, -0.05) is 0 Å². The molecular weight excluding hydrogens is 414 g/mol. The fourth-order valence-corrected chi connectivity index (χ4v) is 2.88. The molecule has 1 aromatic carbocycles. The van der Waals surface area contributed by atoms with Crippen LogP contribution in [0.15, 0.2) is 29.0 Å². The molecule has 1 saturated heterocycles. The highest BCUT2D eigenvalue weighted by atomic mass is 79.9. The van der Waals surface area contributed by atoms with Gasteiger partial charge in [-0.3, -0.25) is 0 Å². The van der Waals surface area contributed by atoms with Crippen molar-refractivity contribution in [3.05, 3.63) is 40.6 Å². The van der Waals surface area contributed by atoms with Crippen LogP contribution in [0.5, 0.6) is 5.88 Å². The van der Waals surface area contributed by atoms with Gasteiger partial charge in [-0.05, 0) is 22.0 Å². The van der Waals surface area contributed by atoms with Gasteiger partial charge in [-0.25, -0.2) is 23.5 Å². The van der Waals surface area contributed by atoms with Crippen molar-refractivity contribution >= 4 is 33.5 Å². The van der Waals surface area contributed by atoms with Gasteiger partial charge in [0.1, 0.15) is 29.9 Å². The Kier molecular flexibility index (Phi) is 5.50. The van der Waals surface area contributed by atoms with Crippen LogP contribution in [-0.4, -0.2) is 45.3 Å². The molecule has 0 radical (unpaired) electrons. The van der Waals surface area contributed by atoms with Crippen molar-refractivity contribution in [2.75, 3.05) is 18.4 Å². The van der Waals surface area contributed by atoms with E-state index in [4.69, 9.17) is 9.84 Å². The van der Waals surface area contributed by atoms with Crippen LogP contribution in [0.3, 0.4) is 0 Å². The molecule has 0 bridgehead atoms. The van der Waals surface area contributed by atoms with Gasteiger partial charge < -0.3 is 20.1 Å². The first kappa shape index (κ1) is 18.3. The zero-order valence-electron chi connectivity index (χ0n) is 13.5. The third-order valence-corrected chi connectivity index (χ3v) is 4.52. The number of carbonyl (C=O) groups is 1. The Labute approximate surface area is 156 Å². The van der Waals surface area contributed by atoms with E-state index >= 15 is 0 Å². The molecule has 0 atom stereocenters. The maximum Gasteiger partial charge on any atom is 0.407 e. The lowest BCUT2D eigenvalue weighted by Gasteiger charge is -2.29. The van der Waals surface area contributed by atoms with Crippen molar-refractivity contribution in [3.8, 4) is 5.88 Å². The van der Waals surface area contributed by atoms with Crippen LogP contribution >= 0.6 is 15.9 Å². The number of carboxylic acid groups (broad SMARTS) is 1. The maximum atomic E-state index is 13.9. The number of piperidine rings is 1. The zero-order valence-corrected chi connectivity index (χ0v) is 15.0. The second kappa shape index (κ2) is 7.81. The topological polar surface area (TPSA) is 87.6 Å². The molecule has 138 valence electrons. The highest BCUT2D eigenvalue weighted by molar-refractivity contribution is 9.10. The summed E-state index contributed by atoms with van der Waals surface area (Å²) < 4.78 is 33.3. The van der Waals surface area contributed by atoms with Crippen molar-refractivity contribution in [1.29, 1.82) is 0 Å². The number of nitrogens with zero attached hydrogens (tertiary/aromatic N) is 3. The predicted octanol–water partition coefficient (Wildman–Crippen LogP) is 3.78. The standard InChI is InChI=1S/C16H15BrF2N4O3/c17-10-5-12(19)13(6-11(10)18)22-14-7-15(21-8-20-14)26-9-1-3-23(4-2-9)16(24)25/h5-9H,1-4H2,(H,24,25)(H,20,21,22). The Morgan fingerprint density at radius 3 is 2.65 bits per heavy atom. The molecule has 2 aromatic rings. The van der Waals surface area contributed by atoms with Crippen molar-refractivity contribution < 1.29 is 23.4 Å². The molecule has 1 aromatic heterocycles. The zero-order chi connectivity index (χ0) is 18.7. The van der Waals surface area contributed by atoms with Crippen molar-refractivity contribution in [2.24, 2.45) is 0 Å². The van der Waals surface area contributed by atoms with Crippen LogP contribution < -0.4 is 10.1 Å². The predicted molar refractivity (Wildman–Crippen MR) is 92.6 cm³/mol. The van der Waals surface area contributed by atoms with E-state index in [1.165, 1.54) is 17.3 Å². The van der Waals surface area contributed by atoms with Crippen LogP contribution in [0, 0.1) is 11.6 Å². The molecule has 2 N–H and O–H groups in total. The van der Waals surface area contributed by atoms with Gasteiger partial charge in [0, 0.05) is 38.1 Å². The van der Waals surface area contributed by atoms with Crippen LogP contribution in [-0.2, 0) is 0 Å². The summed E-state index contributed by atoms with van der Waals surface area (Å²) in [5.74, 6) is -0.724. The Hall–Kier alpha value is -2.49. The van der Waals surface area contributed by atoms with E-state index in [1.807, 2.05) is 0 Å². The second-order valence-corrected chi connectivity index (χ2v) is 6.55. The fraction of sp³-hybridized carbons (Fsp3) is 0.312. The summed E-state index contributed by atoms with van der Waals surface area (Å²) in [7, 11) is 0. The molecule has 1 fully saturated rings. The average molecular weight is 429 g/mol. The third-order valence-electron chi connectivity index (χ3n) is 3.91. The summed E-state index contributed by atoms with van der Waals surface area (Å²) in [5, 5.41) is 11.6. The molecule has 0 aliphatic carbocycles. The smallest absolute Gasteiger partial charge is 0.407 e. The molecule has 2 heterocycles. The summed E-state index contributed by atoms with van der Waals surface area (Å²) in [4.78, 5) is 20.2. The maximum absolute atomic E-state index is 13.9. The van der Waals surface area contributed by atoms with Gasteiger partial charge >= 0.3 is 6.09 Å². The lowest BCUT2D eigenvalue weighted by atomic mass is 10.1. The van der Waals surface area contributed by atoms with E-state index in [0.717, 1.165) is 12.1 Å². The van der Waals surface area contributed by atoms with Gasteiger partial charge in [-0.2, -0.15) is 0 Å². The van der Waals surface area contributed by atoms with Gasteiger partial charge in [0.15, 0.2) is 0 Å². The number of anilines is 2. The molecule has 0 unspecified atom stereocenters. The fourth-order valence-electron chi connectivity index (χ4n) is 2.56. The van der Waals surface area contributed by atoms with Gasteiger partial charge in [0.25, 0.3) is 0 Å². The molecule has 3 rings (SSSR count). The summed E-state index contributed by atoms with van der Waals surface area (Å²) in [6.07, 6.45) is 1.23. The van der Waals surface area contributed by atoms with E-state index in [9.17, 15) is 13.6 Å². The first-order chi connectivity index (χ1) is 12.4. The lowest BCUT2D eigenvalue weighted by molar-refractivity contribution is 0.0870. The molecule has 1 aliphatic rings. The molecule has 7 nitrogen and oxygen atoms in total. The van der Waals surface area contributed by atoms with E-state index in [-0.39, 0.29) is 28.0 Å². The number of rotatable bonds is 4. The number of hydrogen-bond acceptors (Lipinski definition) is 5. The summed E-state index contributed by atoms with van der Waals surface area (Å²) in [6, 6.07) is 3.51. The summed E-state index contributed by atoms with van der Waals surface area (Å²) in [5.41, 5.74) is -0.0647. The average Bonchev–Trinajstić information content (AvgIpc) is 2.60. The van der Waals surface area contributed by atoms with Crippen LogP contribution in [0.2, 0.25) is 0 Å². The number of benzene rings is 1. The number of aromatic nitrogens is 2. The number of halogens is 3. The number of nitrogens with one attached hydrogen (secondary N) is 1. The molecule has 10 heteroatoms. The van der Waals surface area contributed by atoms with Crippen molar-refractivity contribution in [2.45, 2.75) is 18.9 Å². The van der Waals surface area contributed by atoms with Crippen LogP contribution in [0.4, 0.5) is 25.1 Å². The summed E-state index contributed by atoms with van der Waals surface area (Å²) in [6.45, 7) is 0.777. The van der Waals surface area contributed by atoms with E-state index in [2.05, 4.69) is 31.2 Å². The number of likely N-dealkylation sites (tertiary alicyclic amines) is 1. The highest BCUT2D eigenvalue weighted by Crippen LogP contribution is 2.26. The minimum absolute atomic E-state index is 0.0277. The van der Waals surface area contributed by atoms with Gasteiger partial charge in [-0.15, -0.1) is 0 Å². The number of amides is 1. The van der Waals surface area contributed by atoms with Gasteiger partial charge in [0.2, 0.25) is 5.88 Å². The Morgan fingerprint density at radius 2 is 1.96 bits per heavy atom. The Bertz CT molecular complexity index is 816. The molecular formula is C16H15BrF2N4O3. The Balaban J connectivity index is 1.66. The van der Waals surface area contributed by atoms with E-state index in [1.54, 1.807) is 0 Å². The minimum atomic E-state index is -0.944. The van der Waals surface area contributed by atoms with Crippen LogP contribution in [0.1, 0.15) is 12.8 Å².